The zero-order valence-corrected chi connectivity index (χ0v) is 18.9. The number of nitrogens with one attached hydrogen (secondary N) is 2. The molecule has 35 heavy (non-hydrogen) atoms. The molecule has 3 aromatic rings. The van der Waals surface area contributed by atoms with Crippen molar-refractivity contribution < 1.29 is 29.0 Å². The molecule has 2 unspecified atom stereocenters. The molecule has 2 amide bonds. The van der Waals surface area contributed by atoms with Crippen molar-refractivity contribution in [2.45, 2.75) is 12.0 Å². The minimum atomic E-state index is -1.02. The molecule has 2 aromatic carbocycles. The molecule has 10 heteroatoms. The average Bonchev–Trinajstić information content (AvgIpc) is 3.58. The number of hydrogen-bond acceptors (Lipinski definition) is 6. The highest BCUT2D eigenvalue weighted by Gasteiger charge is 2.40. The Bertz CT molecular complexity index is 1240. The quantitative estimate of drug-likeness (QED) is 0.498. The fraction of sp³-hybridized carbons (Fsp3) is 0.280. The van der Waals surface area contributed by atoms with Crippen molar-refractivity contribution in [2.75, 3.05) is 32.1 Å². The largest absolute Gasteiger partial charge is 0.481 e. The third-order valence-electron chi connectivity index (χ3n) is 6.56. The monoisotopic (exact) mass is 476 g/mol. The Balaban J connectivity index is 1.21. The van der Waals surface area contributed by atoms with Crippen molar-refractivity contribution in [1.29, 1.82) is 0 Å². The van der Waals surface area contributed by atoms with Crippen molar-refractivity contribution in [3.05, 3.63) is 71.4 Å². The van der Waals surface area contributed by atoms with Gasteiger partial charge < -0.3 is 19.5 Å². The molecule has 10 nitrogen and oxygen atoms in total. The van der Waals surface area contributed by atoms with Gasteiger partial charge in [0, 0.05) is 32.2 Å². The second-order valence-electron chi connectivity index (χ2n) is 8.55. The maximum atomic E-state index is 12.8. The summed E-state index contributed by atoms with van der Waals surface area (Å²) in [6, 6.07) is 17.5. The molecule has 5 rings (SSSR count). The molecular weight excluding hydrogens is 452 g/mol. The average molecular weight is 476 g/mol. The Morgan fingerprint density at radius 2 is 1.74 bits per heavy atom. The molecule has 1 aliphatic heterocycles. The van der Waals surface area contributed by atoms with E-state index >= 15 is 0 Å². The third kappa shape index (κ3) is 4.24. The molecule has 1 aromatic heterocycles. The van der Waals surface area contributed by atoms with Crippen molar-refractivity contribution in [1.82, 2.24) is 15.1 Å². The number of carbonyl (C=O) groups excluding carboxylic acids is 2. The molecule has 0 saturated carbocycles. The van der Waals surface area contributed by atoms with E-state index in [0.717, 1.165) is 22.3 Å². The summed E-state index contributed by atoms with van der Waals surface area (Å²) >= 11 is 0. The Morgan fingerprint density at radius 3 is 2.34 bits per heavy atom. The minimum absolute atomic E-state index is 0.0286. The highest BCUT2D eigenvalue weighted by Crippen LogP contribution is 2.44. The Hall–Kier alpha value is -4.18. The predicted molar refractivity (Wildman–Crippen MR) is 125 cm³/mol. The van der Waals surface area contributed by atoms with Gasteiger partial charge in [-0.3, -0.25) is 20.0 Å². The normalized spacial score (nSPS) is 18.7. The summed E-state index contributed by atoms with van der Waals surface area (Å²) in [5.41, 5.74) is 4.60. The summed E-state index contributed by atoms with van der Waals surface area (Å²) in [6.07, 6.45) is -1.28. The van der Waals surface area contributed by atoms with Crippen LogP contribution >= 0.6 is 0 Å². The lowest BCUT2D eigenvalue weighted by molar-refractivity contribution is -0.144. The van der Waals surface area contributed by atoms with Crippen LogP contribution in [0.2, 0.25) is 0 Å². The lowest BCUT2D eigenvalue weighted by atomic mass is 9.98. The smallest absolute Gasteiger partial charge is 0.412 e. The number of H-pyrrole nitrogens is 1. The molecule has 1 saturated heterocycles. The topological polar surface area (TPSA) is 134 Å². The SMILES string of the molecule is COC1CN(C(=O)c2cc(NC(=O)OCC3c4ccccc4-c4ccccc43)n[nH]2)CC1C(=O)O. The fourth-order valence-electron chi connectivity index (χ4n) is 4.82. The van der Waals surface area contributed by atoms with Gasteiger partial charge in [0.25, 0.3) is 5.91 Å². The van der Waals surface area contributed by atoms with Crippen LogP contribution in [0.15, 0.2) is 54.6 Å². The van der Waals surface area contributed by atoms with E-state index in [2.05, 4.69) is 27.6 Å². The number of rotatable bonds is 6. The highest BCUT2D eigenvalue weighted by atomic mass is 16.5. The number of carboxylic acids is 1. The van der Waals surface area contributed by atoms with Crippen molar-refractivity contribution in [2.24, 2.45) is 5.92 Å². The first-order valence-electron chi connectivity index (χ1n) is 11.2. The molecule has 2 aliphatic rings. The zero-order valence-electron chi connectivity index (χ0n) is 18.9. The van der Waals surface area contributed by atoms with E-state index in [4.69, 9.17) is 9.47 Å². The van der Waals surface area contributed by atoms with Gasteiger partial charge in [0.1, 0.15) is 18.2 Å². The van der Waals surface area contributed by atoms with Crippen LogP contribution in [-0.2, 0) is 14.3 Å². The minimum Gasteiger partial charge on any atom is -0.481 e. The molecule has 1 aliphatic carbocycles. The number of aliphatic carboxylic acids is 1. The number of nitrogens with zero attached hydrogens (tertiary/aromatic N) is 2. The highest BCUT2D eigenvalue weighted by molar-refractivity contribution is 5.95. The standard InChI is InChI=1S/C25H24N4O6/c1-34-21-12-29(11-18(21)24(31)32)23(30)20-10-22(28-27-20)26-25(33)35-13-19-16-8-4-2-6-14(16)15-7-3-5-9-17(15)19/h2-10,18-19,21H,11-13H2,1H3,(H,31,32)(H2,26,27,28,33). The second-order valence-corrected chi connectivity index (χ2v) is 8.55. The summed E-state index contributed by atoms with van der Waals surface area (Å²) in [6.45, 7) is 0.333. The lowest BCUT2D eigenvalue weighted by Gasteiger charge is -2.14. The van der Waals surface area contributed by atoms with Crippen molar-refractivity contribution >= 4 is 23.8 Å². The number of benzene rings is 2. The summed E-state index contributed by atoms with van der Waals surface area (Å²) < 4.78 is 10.7. The van der Waals surface area contributed by atoms with E-state index in [-0.39, 0.29) is 37.1 Å². The van der Waals surface area contributed by atoms with Gasteiger partial charge in [-0.1, -0.05) is 48.5 Å². The van der Waals surface area contributed by atoms with Gasteiger partial charge in [-0.2, -0.15) is 5.10 Å². The number of carbonyl (C=O) groups is 3. The van der Waals surface area contributed by atoms with E-state index in [1.807, 2.05) is 36.4 Å². The van der Waals surface area contributed by atoms with E-state index in [1.54, 1.807) is 0 Å². The van der Waals surface area contributed by atoms with Gasteiger partial charge in [-0.25, -0.2) is 4.79 Å². The van der Waals surface area contributed by atoms with Gasteiger partial charge in [0.05, 0.1) is 6.10 Å². The Morgan fingerprint density at radius 1 is 1.09 bits per heavy atom. The van der Waals surface area contributed by atoms with E-state index in [0.29, 0.717) is 0 Å². The maximum Gasteiger partial charge on any atom is 0.412 e. The first-order valence-corrected chi connectivity index (χ1v) is 11.2. The number of fused-ring (bicyclic) bond motifs is 3. The number of likely N-dealkylation sites (tertiary alicyclic amines) is 1. The maximum absolute atomic E-state index is 12.8. The Kier molecular flexibility index (Phi) is 5.96. The molecule has 2 atom stereocenters. The van der Waals surface area contributed by atoms with Gasteiger partial charge in [-0.05, 0) is 22.3 Å². The van der Waals surface area contributed by atoms with Crippen LogP contribution in [0, 0.1) is 5.92 Å². The zero-order chi connectivity index (χ0) is 24.5. The van der Waals surface area contributed by atoms with Crippen LogP contribution in [0.25, 0.3) is 11.1 Å². The van der Waals surface area contributed by atoms with Crippen LogP contribution in [-0.4, -0.2) is 71.1 Å². The first-order chi connectivity index (χ1) is 17.0. The molecule has 3 N–H and O–H groups in total. The molecule has 2 heterocycles. The lowest BCUT2D eigenvalue weighted by Crippen LogP contribution is -2.30. The first kappa shape index (κ1) is 22.6. The molecular formula is C25H24N4O6. The van der Waals surface area contributed by atoms with Crippen LogP contribution in [0.1, 0.15) is 27.5 Å². The summed E-state index contributed by atoms with van der Waals surface area (Å²) in [4.78, 5) is 38.0. The van der Waals surface area contributed by atoms with Gasteiger partial charge in [0.15, 0.2) is 5.82 Å². The summed E-state index contributed by atoms with van der Waals surface area (Å²) in [7, 11) is 1.42. The number of ether oxygens (including phenoxy) is 2. The van der Waals surface area contributed by atoms with E-state index in [9.17, 15) is 19.5 Å². The molecule has 0 spiro atoms. The van der Waals surface area contributed by atoms with Crippen molar-refractivity contribution in [3.8, 4) is 11.1 Å². The number of amides is 2. The number of aromatic nitrogens is 2. The van der Waals surface area contributed by atoms with Gasteiger partial charge in [0.2, 0.25) is 0 Å². The van der Waals surface area contributed by atoms with Crippen molar-refractivity contribution in [3.63, 3.8) is 0 Å². The number of anilines is 1. The fourth-order valence-corrected chi connectivity index (χ4v) is 4.82. The molecule has 0 bridgehead atoms. The molecule has 180 valence electrons. The summed E-state index contributed by atoms with van der Waals surface area (Å²) in [5, 5.41) is 18.4. The number of aromatic amines is 1. The van der Waals surface area contributed by atoms with Crippen LogP contribution in [0.5, 0.6) is 0 Å². The predicted octanol–water partition coefficient (Wildman–Crippen LogP) is 2.94. The van der Waals surface area contributed by atoms with E-state index < -0.39 is 30.0 Å². The number of hydrogen-bond donors (Lipinski definition) is 3. The second kappa shape index (κ2) is 9.22. The number of carboxylic acid groups (broad SMARTS) is 1. The molecule has 0 radical (unpaired) electrons. The summed E-state index contributed by atoms with van der Waals surface area (Å²) in [5.74, 6) is -2.19. The third-order valence-corrected chi connectivity index (χ3v) is 6.56. The van der Waals surface area contributed by atoms with Gasteiger partial charge >= 0.3 is 12.1 Å². The van der Waals surface area contributed by atoms with Crippen LogP contribution < -0.4 is 5.32 Å². The Labute approximate surface area is 200 Å². The molecule has 1 fully saturated rings. The van der Waals surface area contributed by atoms with Crippen LogP contribution in [0.4, 0.5) is 10.6 Å². The van der Waals surface area contributed by atoms with Gasteiger partial charge in [-0.15, -0.1) is 0 Å². The van der Waals surface area contributed by atoms with E-state index in [1.165, 1.54) is 18.1 Å². The van der Waals surface area contributed by atoms with Crippen LogP contribution in [0.3, 0.4) is 0 Å². The number of methoxy groups -OCH3 is 1.